The molecule has 3 heterocycles. The third-order valence-electron chi connectivity index (χ3n) is 7.48. The van der Waals surface area contributed by atoms with Gasteiger partial charge in [0, 0.05) is 50.3 Å². The first-order chi connectivity index (χ1) is 16.4. The van der Waals surface area contributed by atoms with Gasteiger partial charge >= 0.3 is 6.03 Å². The Labute approximate surface area is 197 Å². The van der Waals surface area contributed by atoms with Crippen molar-refractivity contribution in [2.45, 2.75) is 37.8 Å². The summed E-state index contributed by atoms with van der Waals surface area (Å²) in [5.41, 5.74) is 7.83. The number of amides is 3. The van der Waals surface area contributed by atoms with Gasteiger partial charge in [-0.25, -0.2) is 13.6 Å². The number of likely N-dealkylation sites (tertiary alicyclic amines) is 1. The van der Waals surface area contributed by atoms with Crippen molar-refractivity contribution in [2.75, 3.05) is 37.6 Å². The zero-order chi connectivity index (χ0) is 23.9. The Hall–Kier alpha value is -3.04. The van der Waals surface area contributed by atoms with Crippen molar-refractivity contribution in [3.05, 3.63) is 65.2 Å². The molecule has 0 bridgehead atoms. The number of carbonyl (C=O) groups is 2. The minimum Gasteiger partial charge on any atom is -0.343 e. The minimum absolute atomic E-state index is 0.00485. The highest BCUT2D eigenvalue weighted by Gasteiger charge is 2.51. The fourth-order valence-electron chi connectivity index (χ4n) is 5.36. The first kappa shape index (κ1) is 22.7. The van der Waals surface area contributed by atoms with Crippen molar-refractivity contribution in [1.82, 2.24) is 20.7 Å². The van der Waals surface area contributed by atoms with Crippen LogP contribution in [0.4, 0.5) is 19.3 Å². The number of benzene rings is 2. The molecule has 1 spiro atoms. The largest absolute Gasteiger partial charge is 0.343 e. The molecule has 2 N–H and O–H groups in total. The number of hydrogen-bond acceptors (Lipinski definition) is 4. The number of anilines is 1. The summed E-state index contributed by atoms with van der Waals surface area (Å²) in [6, 6.07) is 11.8. The first-order valence-corrected chi connectivity index (χ1v) is 11.7. The van der Waals surface area contributed by atoms with Crippen LogP contribution in [0.25, 0.3) is 0 Å². The predicted molar refractivity (Wildman–Crippen MR) is 124 cm³/mol. The normalized spacial score (nSPS) is 20.6. The standard InChI is InChI=1S/C25H29F2N5O2/c1-17(33)30-11-9-25(10-12-30)16-31(21-7-5-18(6-8-21)20-13-28-29-14-20)24(34)32(25)15-19-3-2-4-22(26)23(19)27/h2-8,20,28-29H,9-16H2,1H3. The molecule has 3 aliphatic heterocycles. The highest BCUT2D eigenvalue weighted by molar-refractivity contribution is 5.95. The van der Waals surface area contributed by atoms with E-state index in [-0.39, 0.29) is 24.0 Å². The van der Waals surface area contributed by atoms with E-state index >= 15 is 0 Å². The van der Waals surface area contributed by atoms with E-state index in [1.165, 1.54) is 17.7 Å². The molecule has 3 fully saturated rings. The predicted octanol–water partition coefficient (Wildman–Crippen LogP) is 2.98. The smallest absolute Gasteiger partial charge is 0.325 e. The van der Waals surface area contributed by atoms with Crippen LogP contribution in [0.15, 0.2) is 42.5 Å². The molecule has 0 radical (unpaired) electrons. The van der Waals surface area contributed by atoms with Crippen molar-refractivity contribution in [3.63, 3.8) is 0 Å². The SMILES string of the molecule is CC(=O)N1CCC2(CC1)CN(c1ccc(C3CNNC3)cc1)C(=O)N2Cc1cccc(F)c1F. The maximum Gasteiger partial charge on any atom is 0.325 e. The number of nitrogens with zero attached hydrogens (tertiary/aromatic N) is 3. The highest BCUT2D eigenvalue weighted by Crippen LogP contribution is 2.40. The van der Waals surface area contributed by atoms with Crippen LogP contribution in [0.3, 0.4) is 0 Å². The summed E-state index contributed by atoms with van der Waals surface area (Å²) in [6.45, 7) is 4.73. The number of hydrogen-bond donors (Lipinski definition) is 2. The molecule has 3 saturated heterocycles. The molecular formula is C25H29F2N5O2. The summed E-state index contributed by atoms with van der Waals surface area (Å²) in [6.07, 6.45) is 1.17. The number of hydrazine groups is 1. The fraction of sp³-hybridized carbons (Fsp3) is 0.440. The van der Waals surface area contributed by atoms with Crippen molar-refractivity contribution in [3.8, 4) is 0 Å². The number of piperidine rings is 1. The van der Waals surface area contributed by atoms with Gasteiger partial charge < -0.3 is 9.80 Å². The van der Waals surface area contributed by atoms with Crippen molar-refractivity contribution < 1.29 is 18.4 Å². The van der Waals surface area contributed by atoms with E-state index in [1.807, 2.05) is 24.3 Å². The monoisotopic (exact) mass is 469 g/mol. The lowest BCUT2D eigenvalue weighted by atomic mass is 9.86. The summed E-state index contributed by atoms with van der Waals surface area (Å²) in [4.78, 5) is 30.7. The van der Waals surface area contributed by atoms with Crippen LogP contribution < -0.4 is 15.8 Å². The van der Waals surface area contributed by atoms with E-state index in [0.717, 1.165) is 24.8 Å². The molecule has 0 atom stereocenters. The van der Waals surface area contributed by atoms with E-state index in [4.69, 9.17) is 0 Å². The van der Waals surface area contributed by atoms with Crippen molar-refractivity contribution >= 4 is 17.6 Å². The summed E-state index contributed by atoms with van der Waals surface area (Å²) in [5, 5.41) is 0. The second-order valence-corrected chi connectivity index (χ2v) is 9.45. The van der Waals surface area contributed by atoms with E-state index in [1.54, 1.807) is 21.6 Å². The van der Waals surface area contributed by atoms with Crippen LogP contribution >= 0.6 is 0 Å². The third kappa shape index (κ3) is 4.03. The van der Waals surface area contributed by atoms with E-state index in [2.05, 4.69) is 10.9 Å². The van der Waals surface area contributed by atoms with Gasteiger partial charge in [-0.3, -0.25) is 20.5 Å². The Kier molecular flexibility index (Phi) is 5.99. The van der Waals surface area contributed by atoms with E-state index in [9.17, 15) is 18.4 Å². The third-order valence-corrected chi connectivity index (χ3v) is 7.48. The van der Waals surface area contributed by atoms with Gasteiger partial charge in [0.25, 0.3) is 0 Å². The Morgan fingerprint density at radius 3 is 2.38 bits per heavy atom. The van der Waals surface area contributed by atoms with Crippen LogP contribution in [0, 0.1) is 11.6 Å². The molecule has 3 aliphatic rings. The zero-order valence-corrected chi connectivity index (χ0v) is 19.2. The molecule has 9 heteroatoms. The van der Waals surface area contributed by atoms with Crippen LogP contribution in [0.2, 0.25) is 0 Å². The molecular weight excluding hydrogens is 440 g/mol. The summed E-state index contributed by atoms with van der Waals surface area (Å²) in [5.74, 6) is -1.47. The van der Waals surface area contributed by atoms with Gasteiger partial charge in [0.05, 0.1) is 18.6 Å². The molecule has 2 aromatic rings. The maximum atomic E-state index is 14.5. The lowest BCUT2D eigenvalue weighted by molar-refractivity contribution is -0.131. The van der Waals surface area contributed by atoms with Crippen molar-refractivity contribution in [2.24, 2.45) is 0 Å². The Morgan fingerprint density at radius 2 is 1.74 bits per heavy atom. The Morgan fingerprint density at radius 1 is 1.06 bits per heavy atom. The Balaban J connectivity index is 1.43. The lowest BCUT2D eigenvalue weighted by Crippen LogP contribution is -2.54. The Bertz CT molecular complexity index is 1080. The molecule has 3 amide bonds. The summed E-state index contributed by atoms with van der Waals surface area (Å²) < 4.78 is 28.4. The molecule has 180 valence electrons. The van der Waals surface area contributed by atoms with Gasteiger partial charge in [-0.1, -0.05) is 24.3 Å². The average Bonchev–Trinajstić information content (AvgIpc) is 3.46. The average molecular weight is 470 g/mol. The maximum absolute atomic E-state index is 14.5. The van der Waals surface area contributed by atoms with Crippen LogP contribution in [0.1, 0.15) is 36.8 Å². The molecule has 0 unspecified atom stereocenters. The summed E-state index contributed by atoms with van der Waals surface area (Å²) >= 11 is 0. The highest BCUT2D eigenvalue weighted by atomic mass is 19.2. The molecule has 5 rings (SSSR count). The van der Waals surface area contributed by atoms with Crippen LogP contribution in [-0.4, -0.2) is 60.0 Å². The molecule has 0 aliphatic carbocycles. The van der Waals surface area contributed by atoms with Gasteiger partial charge in [-0.2, -0.15) is 0 Å². The number of halogens is 2. The summed E-state index contributed by atoms with van der Waals surface area (Å²) in [7, 11) is 0. The number of nitrogens with one attached hydrogen (secondary N) is 2. The van der Waals surface area contributed by atoms with Gasteiger partial charge in [0.2, 0.25) is 5.91 Å². The second kappa shape index (κ2) is 8.96. The zero-order valence-electron chi connectivity index (χ0n) is 19.2. The first-order valence-electron chi connectivity index (χ1n) is 11.7. The molecule has 0 saturated carbocycles. The van der Waals surface area contributed by atoms with Crippen LogP contribution in [0.5, 0.6) is 0 Å². The van der Waals surface area contributed by atoms with Gasteiger partial charge in [-0.05, 0) is 36.6 Å². The van der Waals surface area contributed by atoms with E-state index in [0.29, 0.717) is 38.4 Å². The lowest BCUT2D eigenvalue weighted by Gasteiger charge is -2.43. The van der Waals surface area contributed by atoms with Gasteiger partial charge in [0.15, 0.2) is 11.6 Å². The molecule has 34 heavy (non-hydrogen) atoms. The molecule has 7 nitrogen and oxygen atoms in total. The number of urea groups is 1. The minimum atomic E-state index is -0.923. The number of rotatable bonds is 4. The van der Waals surface area contributed by atoms with Crippen molar-refractivity contribution in [1.29, 1.82) is 0 Å². The fourth-order valence-corrected chi connectivity index (χ4v) is 5.36. The van der Waals surface area contributed by atoms with Gasteiger partial charge in [0.1, 0.15) is 0 Å². The van der Waals surface area contributed by atoms with Crippen LogP contribution in [-0.2, 0) is 11.3 Å². The van der Waals surface area contributed by atoms with Gasteiger partial charge in [-0.15, -0.1) is 0 Å². The number of carbonyl (C=O) groups excluding carboxylic acids is 2. The quantitative estimate of drug-likeness (QED) is 0.723. The topological polar surface area (TPSA) is 67.9 Å². The second-order valence-electron chi connectivity index (χ2n) is 9.45. The van der Waals surface area contributed by atoms with E-state index < -0.39 is 17.2 Å². The molecule has 0 aromatic heterocycles. The molecule has 2 aromatic carbocycles.